The molecule has 1 fully saturated rings. The number of carbonyl (C=O) groups excluding carboxylic acids is 1. The molecule has 0 saturated heterocycles. The Morgan fingerprint density at radius 3 is 2.69 bits per heavy atom. The molecule has 4 heteroatoms. The summed E-state index contributed by atoms with van der Waals surface area (Å²) in [5.41, 5.74) is -0.409. The Kier molecular flexibility index (Phi) is 5.09. The van der Waals surface area contributed by atoms with Gasteiger partial charge in [0.05, 0.1) is 0 Å². The van der Waals surface area contributed by atoms with Crippen LogP contribution in [-0.2, 0) is 4.74 Å². The van der Waals surface area contributed by atoms with Crippen molar-refractivity contribution in [2.24, 2.45) is 5.92 Å². The van der Waals surface area contributed by atoms with Crippen LogP contribution in [0.1, 0.15) is 46.5 Å². The molecule has 0 heterocycles. The molecule has 0 bridgehead atoms. The smallest absolute Gasteiger partial charge is 0.407 e. The minimum atomic E-state index is -0.409. The largest absolute Gasteiger partial charge is 0.444 e. The maximum atomic E-state index is 11.6. The Hall–Kier alpha value is -0.250. The molecule has 1 saturated carbocycles. The Morgan fingerprint density at radius 2 is 2.12 bits per heavy atom. The molecule has 0 spiro atoms. The zero-order chi connectivity index (χ0) is 12.2. The highest BCUT2D eigenvalue weighted by atomic mass is 79.9. The van der Waals surface area contributed by atoms with E-state index in [0.29, 0.717) is 5.92 Å². The van der Waals surface area contributed by atoms with Crippen molar-refractivity contribution in [1.82, 2.24) is 5.32 Å². The molecule has 1 aliphatic carbocycles. The van der Waals surface area contributed by atoms with Gasteiger partial charge in [0.2, 0.25) is 0 Å². The summed E-state index contributed by atoms with van der Waals surface area (Å²) in [6, 6.07) is 0.283. The molecule has 16 heavy (non-hydrogen) atoms. The van der Waals surface area contributed by atoms with E-state index in [0.717, 1.165) is 18.2 Å². The van der Waals surface area contributed by atoms with Crippen molar-refractivity contribution in [2.45, 2.75) is 58.1 Å². The summed E-state index contributed by atoms with van der Waals surface area (Å²) in [7, 11) is 0. The number of rotatable bonds is 2. The molecule has 94 valence electrons. The maximum Gasteiger partial charge on any atom is 0.407 e. The monoisotopic (exact) mass is 291 g/mol. The van der Waals surface area contributed by atoms with Crippen LogP contribution in [0.4, 0.5) is 4.79 Å². The number of nitrogens with one attached hydrogen (secondary N) is 1. The molecule has 0 radical (unpaired) electrons. The lowest BCUT2D eigenvalue weighted by Gasteiger charge is -2.29. The van der Waals surface area contributed by atoms with Gasteiger partial charge in [-0.05, 0) is 46.0 Å². The van der Waals surface area contributed by atoms with Crippen LogP contribution in [0, 0.1) is 5.92 Å². The van der Waals surface area contributed by atoms with Crippen molar-refractivity contribution < 1.29 is 9.53 Å². The van der Waals surface area contributed by atoms with Crippen molar-refractivity contribution in [3.05, 3.63) is 0 Å². The van der Waals surface area contributed by atoms with Crippen molar-refractivity contribution >= 4 is 22.0 Å². The number of amides is 1. The fraction of sp³-hybridized carbons (Fsp3) is 0.917. The van der Waals surface area contributed by atoms with Crippen LogP contribution in [-0.4, -0.2) is 23.1 Å². The first-order valence-electron chi connectivity index (χ1n) is 5.96. The van der Waals surface area contributed by atoms with Gasteiger partial charge in [-0.25, -0.2) is 4.79 Å². The van der Waals surface area contributed by atoms with Crippen molar-refractivity contribution in [3.63, 3.8) is 0 Å². The van der Waals surface area contributed by atoms with Crippen LogP contribution in [0.25, 0.3) is 0 Å². The van der Waals surface area contributed by atoms with Crippen LogP contribution in [0.5, 0.6) is 0 Å². The molecule has 0 aromatic rings. The van der Waals surface area contributed by atoms with E-state index in [9.17, 15) is 4.79 Å². The van der Waals surface area contributed by atoms with Gasteiger partial charge in [0, 0.05) is 11.4 Å². The average molecular weight is 292 g/mol. The van der Waals surface area contributed by atoms with Crippen molar-refractivity contribution in [2.75, 3.05) is 5.33 Å². The molecule has 0 aromatic heterocycles. The standard InChI is InChI=1S/C12H22BrNO2/c1-12(2,3)16-11(15)14-10-6-4-5-9(7-10)8-13/h9-10H,4-8H2,1-3H3,(H,14,15)/t9-,10+/m1/s1. The number of alkyl carbamates (subject to hydrolysis) is 1. The highest BCUT2D eigenvalue weighted by Gasteiger charge is 2.24. The third kappa shape index (κ3) is 5.19. The lowest BCUT2D eigenvalue weighted by Crippen LogP contribution is -2.41. The molecule has 1 N–H and O–H groups in total. The van der Waals surface area contributed by atoms with E-state index >= 15 is 0 Å². The highest BCUT2D eigenvalue weighted by molar-refractivity contribution is 9.09. The summed E-state index contributed by atoms with van der Waals surface area (Å²) in [4.78, 5) is 11.6. The maximum absolute atomic E-state index is 11.6. The second-order valence-corrected chi connectivity index (χ2v) is 6.18. The molecule has 1 amide bonds. The molecular formula is C12H22BrNO2. The number of hydrogen-bond acceptors (Lipinski definition) is 2. The first-order valence-corrected chi connectivity index (χ1v) is 7.08. The molecule has 1 aliphatic rings. The lowest BCUT2D eigenvalue weighted by atomic mass is 9.87. The van der Waals surface area contributed by atoms with Gasteiger partial charge in [-0.3, -0.25) is 0 Å². The number of hydrogen-bond donors (Lipinski definition) is 1. The quantitative estimate of drug-likeness (QED) is 0.791. The minimum absolute atomic E-state index is 0.283. The third-order valence-corrected chi connectivity index (χ3v) is 3.64. The molecule has 2 atom stereocenters. The Balaban J connectivity index is 2.33. The molecule has 3 nitrogen and oxygen atoms in total. The number of halogens is 1. The molecule has 0 unspecified atom stereocenters. The number of ether oxygens (including phenoxy) is 1. The van der Waals surface area contributed by atoms with Gasteiger partial charge in [0.25, 0.3) is 0 Å². The van der Waals surface area contributed by atoms with Gasteiger partial charge in [-0.1, -0.05) is 22.4 Å². The lowest BCUT2D eigenvalue weighted by molar-refractivity contribution is 0.0487. The van der Waals surface area contributed by atoms with Gasteiger partial charge in [0.15, 0.2) is 0 Å². The summed E-state index contributed by atoms with van der Waals surface area (Å²) in [6.45, 7) is 5.65. The first kappa shape index (κ1) is 13.8. The Morgan fingerprint density at radius 1 is 1.44 bits per heavy atom. The molecule has 0 aromatic carbocycles. The Bertz CT molecular complexity index is 238. The molecule has 1 rings (SSSR count). The third-order valence-electron chi connectivity index (χ3n) is 2.72. The van der Waals surface area contributed by atoms with Crippen LogP contribution in [0.2, 0.25) is 0 Å². The van der Waals surface area contributed by atoms with Gasteiger partial charge in [0.1, 0.15) is 5.60 Å². The van der Waals surface area contributed by atoms with E-state index in [2.05, 4.69) is 21.2 Å². The van der Waals surface area contributed by atoms with Gasteiger partial charge >= 0.3 is 6.09 Å². The van der Waals surface area contributed by atoms with Crippen molar-refractivity contribution in [1.29, 1.82) is 0 Å². The summed E-state index contributed by atoms with van der Waals surface area (Å²) in [6.07, 6.45) is 4.30. The fourth-order valence-electron chi connectivity index (χ4n) is 2.04. The van der Waals surface area contributed by atoms with E-state index in [1.54, 1.807) is 0 Å². The second-order valence-electron chi connectivity index (χ2n) is 5.53. The van der Waals surface area contributed by atoms with E-state index in [4.69, 9.17) is 4.74 Å². The summed E-state index contributed by atoms with van der Waals surface area (Å²) < 4.78 is 5.25. The average Bonchev–Trinajstić information content (AvgIpc) is 2.15. The minimum Gasteiger partial charge on any atom is -0.444 e. The summed E-state index contributed by atoms with van der Waals surface area (Å²) in [5, 5.41) is 3.98. The Labute approximate surface area is 106 Å². The fourth-order valence-corrected chi connectivity index (χ4v) is 2.62. The normalized spacial score (nSPS) is 26.2. The number of alkyl halides is 1. The summed E-state index contributed by atoms with van der Waals surface area (Å²) >= 11 is 3.51. The summed E-state index contributed by atoms with van der Waals surface area (Å²) in [5.74, 6) is 0.689. The van der Waals surface area contributed by atoms with Gasteiger partial charge < -0.3 is 10.1 Å². The van der Waals surface area contributed by atoms with Crippen LogP contribution < -0.4 is 5.32 Å². The van der Waals surface area contributed by atoms with Gasteiger partial charge in [-0.15, -0.1) is 0 Å². The molecular weight excluding hydrogens is 270 g/mol. The predicted octanol–water partition coefficient (Wildman–Crippen LogP) is 3.46. The predicted molar refractivity (Wildman–Crippen MR) is 68.9 cm³/mol. The van der Waals surface area contributed by atoms with Crippen LogP contribution in [0.15, 0.2) is 0 Å². The van der Waals surface area contributed by atoms with E-state index in [-0.39, 0.29) is 12.1 Å². The SMILES string of the molecule is CC(C)(C)OC(=O)N[C@H]1CCC[C@@H](CBr)C1. The molecule has 0 aliphatic heterocycles. The first-order chi connectivity index (χ1) is 7.40. The van der Waals surface area contributed by atoms with E-state index < -0.39 is 5.60 Å². The number of carbonyl (C=O) groups is 1. The van der Waals surface area contributed by atoms with Crippen molar-refractivity contribution in [3.8, 4) is 0 Å². The highest BCUT2D eigenvalue weighted by Crippen LogP contribution is 2.25. The topological polar surface area (TPSA) is 38.3 Å². The second kappa shape index (κ2) is 5.89. The van der Waals surface area contributed by atoms with E-state index in [1.807, 2.05) is 20.8 Å². The van der Waals surface area contributed by atoms with E-state index in [1.165, 1.54) is 12.8 Å². The van der Waals surface area contributed by atoms with Crippen LogP contribution in [0.3, 0.4) is 0 Å². The zero-order valence-electron chi connectivity index (χ0n) is 10.4. The van der Waals surface area contributed by atoms with Gasteiger partial charge in [-0.2, -0.15) is 0 Å². The van der Waals surface area contributed by atoms with Crippen LogP contribution >= 0.6 is 15.9 Å². The zero-order valence-corrected chi connectivity index (χ0v) is 12.0.